The third-order valence-corrected chi connectivity index (χ3v) is 5.87. The van der Waals surface area contributed by atoms with E-state index in [1.54, 1.807) is 24.3 Å². The molecule has 17 heavy (non-hydrogen) atoms. The molecule has 1 aromatic carbocycles. The van der Waals surface area contributed by atoms with E-state index in [-0.39, 0.29) is 11.8 Å². The third kappa shape index (κ3) is 2.81. The van der Waals surface area contributed by atoms with E-state index < -0.39 is 15.1 Å². The van der Waals surface area contributed by atoms with E-state index in [1.807, 2.05) is 0 Å². The average Bonchev–Trinajstić information content (AvgIpc) is 2.68. The Bertz CT molecular complexity index is 501. The Morgan fingerprint density at radius 1 is 1.29 bits per heavy atom. The number of sulfone groups is 1. The van der Waals surface area contributed by atoms with Crippen LogP contribution >= 0.6 is 11.6 Å². The van der Waals surface area contributed by atoms with Crippen LogP contribution < -0.4 is 5.73 Å². The summed E-state index contributed by atoms with van der Waals surface area (Å²) < 4.78 is 24.5. The van der Waals surface area contributed by atoms with Crippen LogP contribution in [0.4, 0.5) is 0 Å². The maximum absolute atomic E-state index is 12.2. The summed E-state index contributed by atoms with van der Waals surface area (Å²) in [6.45, 7) is 0. The molecular weight excluding hydrogens is 258 g/mol. The molecule has 0 aromatic heterocycles. The summed E-state index contributed by atoms with van der Waals surface area (Å²) in [6.07, 6.45) is 2.37. The number of rotatable bonds is 3. The molecule has 94 valence electrons. The summed E-state index contributed by atoms with van der Waals surface area (Å²) in [4.78, 5) is 0. The lowest BCUT2D eigenvalue weighted by atomic mass is 10.2. The van der Waals surface area contributed by atoms with Crippen molar-refractivity contribution in [1.82, 2.24) is 0 Å². The predicted molar refractivity (Wildman–Crippen MR) is 69.7 cm³/mol. The van der Waals surface area contributed by atoms with Crippen LogP contribution in [0, 0.1) is 0 Å². The summed E-state index contributed by atoms with van der Waals surface area (Å²) in [5.74, 6) is -0.00889. The number of hydrogen-bond acceptors (Lipinski definition) is 3. The van der Waals surface area contributed by atoms with E-state index >= 15 is 0 Å². The van der Waals surface area contributed by atoms with E-state index in [2.05, 4.69) is 0 Å². The molecule has 1 aliphatic carbocycles. The van der Waals surface area contributed by atoms with Crippen molar-refractivity contribution in [3.63, 3.8) is 0 Å². The first-order valence-electron chi connectivity index (χ1n) is 5.71. The fourth-order valence-corrected chi connectivity index (χ4v) is 4.72. The van der Waals surface area contributed by atoms with E-state index in [1.165, 1.54) is 0 Å². The molecule has 5 heteroatoms. The number of halogens is 1. The van der Waals surface area contributed by atoms with Gasteiger partial charge in [0.1, 0.15) is 0 Å². The molecule has 2 unspecified atom stereocenters. The largest absolute Gasteiger partial charge is 0.327 e. The zero-order chi connectivity index (χ0) is 12.5. The predicted octanol–water partition coefficient (Wildman–Crippen LogP) is 2.13. The Morgan fingerprint density at radius 3 is 2.59 bits per heavy atom. The topological polar surface area (TPSA) is 60.2 Å². The monoisotopic (exact) mass is 273 g/mol. The van der Waals surface area contributed by atoms with Gasteiger partial charge in [-0.15, -0.1) is 0 Å². The van der Waals surface area contributed by atoms with Crippen molar-refractivity contribution in [1.29, 1.82) is 0 Å². The maximum atomic E-state index is 12.2. The van der Waals surface area contributed by atoms with Crippen molar-refractivity contribution < 1.29 is 8.42 Å². The van der Waals surface area contributed by atoms with Crippen molar-refractivity contribution in [2.45, 2.75) is 36.3 Å². The summed E-state index contributed by atoms with van der Waals surface area (Å²) in [5, 5.41) is 0.0985. The van der Waals surface area contributed by atoms with Gasteiger partial charge >= 0.3 is 0 Å². The highest BCUT2D eigenvalue weighted by atomic mass is 35.5. The Labute approximate surface area is 107 Å². The van der Waals surface area contributed by atoms with Gasteiger partial charge in [0.15, 0.2) is 9.84 Å². The first kappa shape index (κ1) is 12.9. The minimum Gasteiger partial charge on any atom is -0.327 e. The molecule has 0 heterocycles. The van der Waals surface area contributed by atoms with Crippen molar-refractivity contribution in [2.24, 2.45) is 5.73 Å². The Hall–Kier alpha value is -0.580. The number of hydrogen-bond donors (Lipinski definition) is 1. The second-order valence-electron chi connectivity index (χ2n) is 4.53. The summed E-state index contributed by atoms with van der Waals surface area (Å²) in [6, 6.07) is 6.83. The van der Waals surface area contributed by atoms with Crippen LogP contribution in [0.3, 0.4) is 0 Å². The van der Waals surface area contributed by atoms with E-state index in [4.69, 9.17) is 17.3 Å². The molecule has 1 fully saturated rings. The van der Waals surface area contributed by atoms with Gasteiger partial charge in [-0.2, -0.15) is 0 Å². The van der Waals surface area contributed by atoms with Crippen LogP contribution in [0.2, 0.25) is 5.02 Å². The first-order valence-corrected chi connectivity index (χ1v) is 7.80. The molecule has 2 rings (SSSR count). The molecule has 2 N–H and O–H groups in total. The molecule has 0 aliphatic heterocycles. The van der Waals surface area contributed by atoms with E-state index in [0.717, 1.165) is 12.8 Å². The molecule has 0 saturated heterocycles. The van der Waals surface area contributed by atoms with Crippen molar-refractivity contribution >= 4 is 21.4 Å². The molecule has 1 aliphatic rings. The highest BCUT2D eigenvalue weighted by Crippen LogP contribution is 2.28. The molecule has 1 aromatic rings. The molecule has 0 amide bonds. The first-order chi connectivity index (χ1) is 8.00. The summed E-state index contributed by atoms with van der Waals surface area (Å²) in [7, 11) is -3.19. The van der Waals surface area contributed by atoms with E-state index in [9.17, 15) is 8.42 Å². The summed E-state index contributed by atoms with van der Waals surface area (Å²) in [5.41, 5.74) is 6.51. The SMILES string of the molecule is NC1CCCC1S(=O)(=O)Cc1ccccc1Cl. The lowest BCUT2D eigenvalue weighted by molar-refractivity contribution is 0.567. The van der Waals surface area contributed by atoms with Gasteiger partial charge < -0.3 is 5.73 Å². The van der Waals surface area contributed by atoms with Crippen molar-refractivity contribution in [3.8, 4) is 0 Å². The number of benzene rings is 1. The normalized spacial score (nSPS) is 25.1. The van der Waals surface area contributed by atoms with Crippen LogP contribution in [0.15, 0.2) is 24.3 Å². The fraction of sp³-hybridized carbons (Fsp3) is 0.500. The van der Waals surface area contributed by atoms with Crippen LogP contribution in [-0.2, 0) is 15.6 Å². The maximum Gasteiger partial charge on any atom is 0.158 e. The van der Waals surface area contributed by atoms with Gasteiger partial charge in [-0.25, -0.2) is 8.42 Å². The molecule has 0 radical (unpaired) electrons. The van der Waals surface area contributed by atoms with Gasteiger partial charge in [0, 0.05) is 11.1 Å². The molecule has 3 nitrogen and oxygen atoms in total. The second-order valence-corrected chi connectivity index (χ2v) is 7.16. The number of nitrogens with two attached hydrogens (primary N) is 1. The lowest BCUT2D eigenvalue weighted by Crippen LogP contribution is -2.36. The van der Waals surface area contributed by atoms with E-state index in [0.29, 0.717) is 17.0 Å². The Kier molecular flexibility index (Phi) is 3.76. The highest BCUT2D eigenvalue weighted by Gasteiger charge is 2.35. The van der Waals surface area contributed by atoms with Crippen LogP contribution in [0.1, 0.15) is 24.8 Å². The zero-order valence-electron chi connectivity index (χ0n) is 9.47. The van der Waals surface area contributed by atoms with Gasteiger partial charge in [-0.1, -0.05) is 36.2 Å². The zero-order valence-corrected chi connectivity index (χ0v) is 11.0. The minimum atomic E-state index is -3.19. The molecule has 2 atom stereocenters. The fourth-order valence-electron chi connectivity index (χ4n) is 2.34. The Balaban J connectivity index is 2.21. The highest BCUT2D eigenvalue weighted by molar-refractivity contribution is 7.91. The standard InChI is InChI=1S/C12H16ClNO2S/c13-10-5-2-1-4-9(10)8-17(15,16)12-7-3-6-11(12)14/h1-2,4-5,11-12H,3,6-8,14H2. The quantitative estimate of drug-likeness (QED) is 0.918. The van der Waals surface area contributed by atoms with Crippen molar-refractivity contribution in [2.75, 3.05) is 0 Å². The van der Waals surface area contributed by atoms with Gasteiger partial charge in [-0.05, 0) is 24.5 Å². The van der Waals surface area contributed by atoms with Gasteiger partial charge in [0.2, 0.25) is 0 Å². The lowest BCUT2D eigenvalue weighted by Gasteiger charge is -2.16. The van der Waals surface area contributed by atoms with Gasteiger partial charge in [0.25, 0.3) is 0 Å². The molecular formula is C12H16ClNO2S. The van der Waals surface area contributed by atoms with Crippen molar-refractivity contribution in [3.05, 3.63) is 34.9 Å². The molecule has 0 bridgehead atoms. The van der Waals surface area contributed by atoms with Gasteiger partial charge in [0.05, 0.1) is 11.0 Å². The van der Waals surface area contributed by atoms with Crippen LogP contribution in [0.25, 0.3) is 0 Å². The smallest absolute Gasteiger partial charge is 0.158 e. The minimum absolute atomic E-state index is 0.00889. The van der Waals surface area contributed by atoms with Crippen LogP contribution in [0.5, 0.6) is 0 Å². The molecule has 0 spiro atoms. The average molecular weight is 274 g/mol. The van der Waals surface area contributed by atoms with Gasteiger partial charge in [-0.3, -0.25) is 0 Å². The summed E-state index contributed by atoms with van der Waals surface area (Å²) >= 11 is 5.98. The van der Waals surface area contributed by atoms with Crippen LogP contribution in [-0.4, -0.2) is 19.7 Å². The molecule has 1 saturated carbocycles. The third-order valence-electron chi connectivity index (χ3n) is 3.28. The Morgan fingerprint density at radius 2 is 2.00 bits per heavy atom. The second kappa shape index (κ2) is 4.96.